The van der Waals surface area contributed by atoms with E-state index in [-0.39, 0.29) is 5.91 Å². The maximum absolute atomic E-state index is 12.4. The predicted octanol–water partition coefficient (Wildman–Crippen LogP) is 3.31. The van der Waals surface area contributed by atoms with E-state index in [9.17, 15) is 4.79 Å². The maximum atomic E-state index is 12.4. The van der Waals surface area contributed by atoms with E-state index >= 15 is 0 Å². The summed E-state index contributed by atoms with van der Waals surface area (Å²) < 4.78 is 1.47. The molecular formula is C16H14N2O. The Balaban J connectivity index is 1.99. The Morgan fingerprint density at radius 3 is 2.68 bits per heavy atom. The fourth-order valence-electron chi connectivity index (χ4n) is 2.19. The van der Waals surface area contributed by atoms with Gasteiger partial charge in [0.15, 0.2) is 0 Å². The summed E-state index contributed by atoms with van der Waals surface area (Å²) in [5.41, 5.74) is 2.56. The van der Waals surface area contributed by atoms with Crippen LogP contribution in [0.5, 0.6) is 0 Å². The molecule has 0 N–H and O–H groups in total. The summed E-state index contributed by atoms with van der Waals surface area (Å²) in [6.45, 7) is 0. The lowest BCUT2D eigenvalue weighted by Gasteiger charge is -2.09. The molecule has 1 aromatic heterocycles. The number of hydrogen-bond donors (Lipinski definition) is 0. The molecule has 1 heterocycles. The predicted molar refractivity (Wildman–Crippen MR) is 74.7 cm³/mol. The van der Waals surface area contributed by atoms with Crippen molar-refractivity contribution in [2.45, 2.75) is 12.8 Å². The first-order chi connectivity index (χ1) is 9.36. The van der Waals surface area contributed by atoms with Crippen molar-refractivity contribution in [2.75, 3.05) is 0 Å². The molecule has 94 valence electrons. The number of rotatable bonds is 2. The summed E-state index contributed by atoms with van der Waals surface area (Å²) in [4.78, 5) is 12.4. The molecule has 0 atom stereocenters. The van der Waals surface area contributed by atoms with Gasteiger partial charge in [-0.3, -0.25) is 4.79 Å². The van der Waals surface area contributed by atoms with Crippen LogP contribution in [-0.4, -0.2) is 15.7 Å². The van der Waals surface area contributed by atoms with Crippen molar-refractivity contribution in [3.05, 3.63) is 72.1 Å². The molecule has 3 rings (SSSR count). The van der Waals surface area contributed by atoms with Gasteiger partial charge in [-0.1, -0.05) is 36.4 Å². The molecule has 0 radical (unpaired) electrons. The van der Waals surface area contributed by atoms with Crippen LogP contribution in [0, 0.1) is 0 Å². The fourth-order valence-corrected chi connectivity index (χ4v) is 2.19. The second-order valence-corrected chi connectivity index (χ2v) is 4.44. The van der Waals surface area contributed by atoms with Crippen LogP contribution < -0.4 is 0 Å². The largest absolute Gasteiger partial charge is 0.278 e. The molecule has 3 nitrogen and oxygen atoms in total. The lowest BCUT2D eigenvalue weighted by atomic mass is 10.0. The Hall–Kier alpha value is -2.42. The summed E-state index contributed by atoms with van der Waals surface area (Å²) >= 11 is 0. The van der Waals surface area contributed by atoms with Crippen LogP contribution in [0.1, 0.15) is 28.9 Å². The van der Waals surface area contributed by atoms with Crippen LogP contribution in [0.15, 0.2) is 60.8 Å². The molecule has 3 heteroatoms. The number of aromatic nitrogens is 2. The van der Waals surface area contributed by atoms with Crippen molar-refractivity contribution in [2.24, 2.45) is 0 Å². The molecule has 0 aliphatic heterocycles. The quantitative estimate of drug-likeness (QED) is 0.819. The zero-order valence-electron chi connectivity index (χ0n) is 10.5. The van der Waals surface area contributed by atoms with Crippen LogP contribution in [0.3, 0.4) is 0 Å². The molecule has 0 unspecified atom stereocenters. The second-order valence-electron chi connectivity index (χ2n) is 4.44. The summed E-state index contributed by atoms with van der Waals surface area (Å²) in [6.07, 6.45) is 10.1. The third-order valence-corrected chi connectivity index (χ3v) is 3.15. The average molecular weight is 250 g/mol. The van der Waals surface area contributed by atoms with E-state index in [4.69, 9.17) is 0 Å². The smallest absolute Gasteiger partial charge is 0.267 e. The third kappa shape index (κ3) is 2.27. The van der Waals surface area contributed by atoms with Gasteiger partial charge in [0.2, 0.25) is 0 Å². The lowest BCUT2D eigenvalue weighted by molar-refractivity contribution is 0.0944. The molecule has 1 aliphatic rings. The van der Waals surface area contributed by atoms with E-state index < -0.39 is 0 Å². The highest BCUT2D eigenvalue weighted by Crippen LogP contribution is 2.21. The Kier molecular flexibility index (Phi) is 3.11. The van der Waals surface area contributed by atoms with Gasteiger partial charge in [-0.05, 0) is 36.6 Å². The first-order valence-electron chi connectivity index (χ1n) is 6.37. The number of carbonyl (C=O) groups is 1. The SMILES string of the molecule is O=C(c1ccccc1)n1nccc1C1=CCCC=C1. The van der Waals surface area contributed by atoms with Gasteiger partial charge in [-0.2, -0.15) is 9.78 Å². The van der Waals surface area contributed by atoms with Crippen LogP contribution in [-0.2, 0) is 0 Å². The van der Waals surface area contributed by atoms with Crippen molar-refractivity contribution < 1.29 is 4.79 Å². The summed E-state index contributed by atoms with van der Waals surface area (Å²) in [6, 6.07) is 11.1. The summed E-state index contributed by atoms with van der Waals surface area (Å²) in [5, 5.41) is 4.16. The van der Waals surface area contributed by atoms with Gasteiger partial charge in [-0.15, -0.1) is 0 Å². The third-order valence-electron chi connectivity index (χ3n) is 3.15. The van der Waals surface area contributed by atoms with Crippen molar-refractivity contribution in [3.63, 3.8) is 0 Å². The van der Waals surface area contributed by atoms with Crippen molar-refractivity contribution in [1.82, 2.24) is 9.78 Å². The molecule has 1 aromatic carbocycles. The molecule has 1 aliphatic carbocycles. The highest BCUT2D eigenvalue weighted by atomic mass is 16.2. The maximum Gasteiger partial charge on any atom is 0.278 e. The molecule has 19 heavy (non-hydrogen) atoms. The molecule has 0 amide bonds. The second kappa shape index (κ2) is 5.06. The van der Waals surface area contributed by atoms with Gasteiger partial charge in [0.05, 0.1) is 11.9 Å². The Labute approximate surface area is 111 Å². The van der Waals surface area contributed by atoms with E-state index in [1.807, 2.05) is 24.3 Å². The van der Waals surface area contributed by atoms with Gasteiger partial charge in [0.1, 0.15) is 0 Å². The molecule has 0 bridgehead atoms. The van der Waals surface area contributed by atoms with Gasteiger partial charge in [0, 0.05) is 5.56 Å². The van der Waals surface area contributed by atoms with E-state index in [1.165, 1.54) is 4.68 Å². The normalized spacial score (nSPS) is 14.2. The van der Waals surface area contributed by atoms with Gasteiger partial charge >= 0.3 is 0 Å². The molecule has 2 aromatic rings. The number of nitrogens with zero attached hydrogens (tertiary/aromatic N) is 2. The van der Waals surface area contributed by atoms with Crippen LogP contribution >= 0.6 is 0 Å². The van der Waals surface area contributed by atoms with Gasteiger partial charge < -0.3 is 0 Å². The number of allylic oxidation sites excluding steroid dienone is 4. The van der Waals surface area contributed by atoms with Crippen molar-refractivity contribution in [3.8, 4) is 0 Å². The van der Waals surface area contributed by atoms with E-state index in [0.717, 1.165) is 24.1 Å². The van der Waals surface area contributed by atoms with E-state index in [2.05, 4.69) is 23.3 Å². The minimum atomic E-state index is -0.0968. The van der Waals surface area contributed by atoms with Gasteiger partial charge in [0.25, 0.3) is 5.91 Å². The Bertz CT molecular complexity index is 650. The standard InChI is InChI=1S/C16H14N2O/c19-16(14-9-5-2-6-10-14)18-15(11-12-17-18)13-7-3-1-4-8-13/h2-3,5-12H,1,4H2. The van der Waals surface area contributed by atoms with Crippen LogP contribution in [0.4, 0.5) is 0 Å². The molecule has 0 spiro atoms. The van der Waals surface area contributed by atoms with Crippen LogP contribution in [0.2, 0.25) is 0 Å². The van der Waals surface area contributed by atoms with Crippen molar-refractivity contribution >= 4 is 11.5 Å². The number of carbonyl (C=O) groups excluding carboxylic acids is 1. The Morgan fingerprint density at radius 1 is 1.11 bits per heavy atom. The average Bonchev–Trinajstić information content (AvgIpc) is 2.98. The topological polar surface area (TPSA) is 34.9 Å². The lowest BCUT2D eigenvalue weighted by Crippen LogP contribution is -2.16. The summed E-state index contributed by atoms with van der Waals surface area (Å²) in [5.74, 6) is -0.0968. The first-order valence-corrected chi connectivity index (χ1v) is 6.37. The fraction of sp³-hybridized carbons (Fsp3) is 0.125. The Morgan fingerprint density at radius 2 is 1.95 bits per heavy atom. The molecule has 0 saturated heterocycles. The van der Waals surface area contributed by atoms with E-state index in [0.29, 0.717) is 5.56 Å². The highest BCUT2D eigenvalue weighted by Gasteiger charge is 2.15. The first kappa shape index (κ1) is 11.7. The molecule has 0 fully saturated rings. The molecule has 0 saturated carbocycles. The number of hydrogen-bond acceptors (Lipinski definition) is 2. The minimum Gasteiger partial charge on any atom is -0.267 e. The van der Waals surface area contributed by atoms with Gasteiger partial charge in [-0.25, -0.2) is 0 Å². The zero-order valence-corrected chi connectivity index (χ0v) is 10.5. The van der Waals surface area contributed by atoms with E-state index in [1.54, 1.807) is 18.3 Å². The van der Waals surface area contributed by atoms with Crippen LogP contribution in [0.25, 0.3) is 5.57 Å². The summed E-state index contributed by atoms with van der Waals surface area (Å²) in [7, 11) is 0. The zero-order chi connectivity index (χ0) is 13.1. The monoisotopic (exact) mass is 250 g/mol. The highest BCUT2D eigenvalue weighted by molar-refractivity contribution is 5.97. The van der Waals surface area contributed by atoms with Crippen molar-refractivity contribution in [1.29, 1.82) is 0 Å². The minimum absolute atomic E-state index is 0.0968. The molecular weight excluding hydrogens is 236 g/mol. The number of benzene rings is 1.